The van der Waals surface area contributed by atoms with Crippen LogP contribution in [0.2, 0.25) is 0 Å². The molecule has 2 atom stereocenters. The van der Waals surface area contributed by atoms with Crippen molar-refractivity contribution >= 4 is 21.6 Å². The molecule has 1 aliphatic heterocycles. The zero-order valence-corrected chi connectivity index (χ0v) is 24.7. The molecule has 0 radical (unpaired) electrons. The van der Waals surface area contributed by atoms with Crippen molar-refractivity contribution in [1.29, 1.82) is 0 Å². The van der Waals surface area contributed by atoms with E-state index in [0.29, 0.717) is 17.2 Å². The third kappa shape index (κ3) is 5.55. The number of methoxy groups -OCH3 is 1. The van der Waals surface area contributed by atoms with Crippen molar-refractivity contribution in [3.63, 3.8) is 0 Å². The number of hydrogen-bond acceptors (Lipinski definition) is 5. The van der Waals surface area contributed by atoms with Gasteiger partial charge in [-0.15, -0.1) is 0 Å². The number of carbonyl (C=O) groups excluding carboxylic acids is 1. The molecule has 1 amide bonds. The molecule has 0 spiro atoms. The summed E-state index contributed by atoms with van der Waals surface area (Å²) >= 11 is 0. The lowest BCUT2D eigenvalue weighted by Gasteiger charge is -2.36. The summed E-state index contributed by atoms with van der Waals surface area (Å²) in [7, 11) is -2.47. The Morgan fingerprint density at radius 3 is 2.38 bits per heavy atom. The molecule has 0 saturated heterocycles. The van der Waals surface area contributed by atoms with Gasteiger partial charge in [0.25, 0.3) is 15.9 Å². The van der Waals surface area contributed by atoms with Crippen LogP contribution in [0, 0.1) is 0 Å². The number of nitrogens with one attached hydrogen (secondary N) is 1. The maximum absolute atomic E-state index is 14.0. The first-order valence-corrected chi connectivity index (χ1v) is 15.3. The number of fused-ring (bicyclic) bond motifs is 2. The Morgan fingerprint density at radius 1 is 1.00 bits per heavy atom. The van der Waals surface area contributed by atoms with Gasteiger partial charge < -0.3 is 14.8 Å². The third-order valence-corrected chi connectivity index (χ3v) is 9.66. The van der Waals surface area contributed by atoms with Crippen LogP contribution in [0.25, 0.3) is 0 Å². The predicted octanol–water partition coefficient (Wildman–Crippen LogP) is 5.71. The van der Waals surface area contributed by atoms with Crippen LogP contribution in [0.4, 0.5) is 5.69 Å². The molecule has 0 aromatic heterocycles. The molecular weight excluding hydrogens is 524 g/mol. The van der Waals surface area contributed by atoms with E-state index in [1.54, 1.807) is 18.2 Å². The zero-order chi connectivity index (χ0) is 28.7. The van der Waals surface area contributed by atoms with Gasteiger partial charge in [-0.1, -0.05) is 45.0 Å². The van der Waals surface area contributed by atoms with Crippen LogP contribution in [0.15, 0.2) is 65.6 Å². The second kappa shape index (κ2) is 10.8. The number of aryl methyl sites for hydroxylation is 2. The highest BCUT2D eigenvalue weighted by atomic mass is 32.2. The molecule has 3 aromatic carbocycles. The highest BCUT2D eigenvalue weighted by molar-refractivity contribution is 7.92. The number of sulfonamides is 1. The van der Waals surface area contributed by atoms with Gasteiger partial charge in [-0.05, 0) is 96.7 Å². The molecule has 40 heavy (non-hydrogen) atoms. The van der Waals surface area contributed by atoms with E-state index in [-0.39, 0.29) is 28.8 Å². The number of ether oxygens (including phenoxy) is 2. The average molecular weight is 563 g/mol. The number of rotatable bonds is 6. The fourth-order valence-electron chi connectivity index (χ4n) is 5.37. The van der Waals surface area contributed by atoms with Gasteiger partial charge in [0.2, 0.25) is 0 Å². The molecule has 2 aliphatic rings. The molecule has 1 heterocycles. The monoisotopic (exact) mass is 562 g/mol. The molecular formula is C32H38N2O5S. The molecule has 7 nitrogen and oxygen atoms in total. The van der Waals surface area contributed by atoms with Gasteiger partial charge in [0.05, 0.1) is 30.3 Å². The molecule has 1 aliphatic carbocycles. The topological polar surface area (TPSA) is 84.9 Å². The van der Waals surface area contributed by atoms with Gasteiger partial charge in [0, 0.05) is 0 Å². The van der Waals surface area contributed by atoms with Crippen LogP contribution < -0.4 is 19.1 Å². The van der Waals surface area contributed by atoms with Crippen LogP contribution in [0.3, 0.4) is 0 Å². The van der Waals surface area contributed by atoms with E-state index in [1.165, 1.54) is 47.5 Å². The van der Waals surface area contributed by atoms with Crippen LogP contribution in [0.5, 0.6) is 11.5 Å². The molecule has 8 heteroatoms. The van der Waals surface area contributed by atoms with Crippen molar-refractivity contribution in [3.05, 3.63) is 82.9 Å². The molecule has 0 bridgehead atoms. The summed E-state index contributed by atoms with van der Waals surface area (Å²) in [6.45, 7) is 8.01. The Balaban J connectivity index is 1.45. The molecule has 0 fully saturated rings. The van der Waals surface area contributed by atoms with Gasteiger partial charge in [-0.2, -0.15) is 0 Å². The van der Waals surface area contributed by atoms with Crippen molar-refractivity contribution in [1.82, 2.24) is 5.32 Å². The van der Waals surface area contributed by atoms with Crippen molar-refractivity contribution in [2.75, 3.05) is 18.0 Å². The van der Waals surface area contributed by atoms with Crippen LogP contribution in [-0.4, -0.2) is 34.1 Å². The maximum Gasteiger partial charge on any atom is 0.264 e. The Labute approximate surface area is 237 Å². The fourth-order valence-corrected chi connectivity index (χ4v) is 6.84. The Bertz CT molecular complexity index is 1510. The normalized spacial score (nSPS) is 17.7. The van der Waals surface area contributed by atoms with Crippen molar-refractivity contribution in [2.45, 2.75) is 75.8 Å². The standard InChI is InChI=1S/C32H38N2O5S/c1-21(23-11-10-22-8-6-7-9-24(22)18-23)33-31(35)30-20-34(40(36,37)27-15-13-26(38-5)14-16-27)28-19-25(32(2,3)4)12-17-29(28)39-30/h10-19,21,30H,6-9,20H2,1-5H3,(H,33,35)/t21-,30-/m1/s1. The van der Waals surface area contributed by atoms with E-state index in [9.17, 15) is 13.2 Å². The first-order chi connectivity index (χ1) is 19.0. The smallest absolute Gasteiger partial charge is 0.264 e. The van der Waals surface area contributed by atoms with Crippen LogP contribution in [-0.2, 0) is 33.1 Å². The second-order valence-corrected chi connectivity index (χ2v) is 13.6. The summed E-state index contributed by atoms with van der Waals surface area (Å²) in [6, 6.07) is 18.0. The number of nitrogens with zero attached hydrogens (tertiary/aromatic N) is 1. The molecule has 0 saturated carbocycles. The molecule has 212 valence electrons. The number of carbonyl (C=O) groups is 1. The summed E-state index contributed by atoms with van der Waals surface area (Å²) in [5.41, 5.74) is 4.95. The van der Waals surface area contributed by atoms with E-state index in [1.807, 2.05) is 19.1 Å². The average Bonchev–Trinajstić information content (AvgIpc) is 2.95. The summed E-state index contributed by atoms with van der Waals surface area (Å²) in [6.07, 6.45) is 3.54. The zero-order valence-electron chi connectivity index (χ0n) is 23.9. The molecule has 5 rings (SSSR count). The quantitative estimate of drug-likeness (QED) is 0.416. The van der Waals surface area contributed by atoms with Crippen LogP contribution in [0.1, 0.15) is 68.8 Å². The lowest BCUT2D eigenvalue weighted by molar-refractivity contribution is -0.128. The first-order valence-electron chi connectivity index (χ1n) is 13.9. The number of benzene rings is 3. The summed E-state index contributed by atoms with van der Waals surface area (Å²) in [5, 5.41) is 3.06. The minimum atomic E-state index is -4.00. The van der Waals surface area contributed by atoms with Gasteiger partial charge in [0.1, 0.15) is 11.5 Å². The number of amides is 1. The van der Waals surface area contributed by atoms with E-state index >= 15 is 0 Å². The second-order valence-electron chi connectivity index (χ2n) is 11.7. The highest BCUT2D eigenvalue weighted by Gasteiger charge is 2.38. The van der Waals surface area contributed by atoms with Gasteiger partial charge >= 0.3 is 0 Å². The van der Waals surface area contributed by atoms with Gasteiger partial charge in [0.15, 0.2) is 6.10 Å². The lowest BCUT2D eigenvalue weighted by atomic mass is 9.86. The van der Waals surface area contributed by atoms with E-state index in [4.69, 9.17) is 9.47 Å². The molecule has 0 unspecified atom stereocenters. The summed E-state index contributed by atoms with van der Waals surface area (Å²) < 4.78 is 40.6. The summed E-state index contributed by atoms with van der Waals surface area (Å²) in [5.74, 6) is 0.563. The predicted molar refractivity (Wildman–Crippen MR) is 157 cm³/mol. The fraction of sp³-hybridized carbons (Fsp3) is 0.406. The van der Waals surface area contributed by atoms with Crippen molar-refractivity contribution in [3.8, 4) is 11.5 Å². The van der Waals surface area contributed by atoms with Crippen molar-refractivity contribution in [2.24, 2.45) is 0 Å². The Kier molecular flexibility index (Phi) is 7.57. The number of hydrogen-bond donors (Lipinski definition) is 1. The number of anilines is 1. The molecule has 1 N–H and O–H groups in total. The first kappa shape index (κ1) is 28.0. The lowest BCUT2D eigenvalue weighted by Crippen LogP contribution is -2.51. The van der Waals surface area contributed by atoms with Gasteiger partial charge in [-0.3, -0.25) is 9.10 Å². The maximum atomic E-state index is 14.0. The Hall–Kier alpha value is -3.52. The van der Waals surface area contributed by atoms with E-state index < -0.39 is 16.1 Å². The van der Waals surface area contributed by atoms with Gasteiger partial charge in [-0.25, -0.2) is 8.42 Å². The minimum absolute atomic E-state index is 0.115. The largest absolute Gasteiger partial charge is 0.497 e. The Morgan fingerprint density at radius 2 is 1.70 bits per heavy atom. The van der Waals surface area contributed by atoms with Crippen molar-refractivity contribution < 1.29 is 22.7 Å². The van der Waals surface area contributed by atoms with E-state index in [2.05, 4.69) is 44.3 Å². The van der Waals surface area contributed by atoms with Crippen LogP contribution >= 0.6 is 0 Å². The summed E-state index contributed by atoms with van der Waals surface area (Å²) in [4.78, 5) is 13.6. The minimum Gasteiger partial charge on any atom is -0.497 e. The third-order valence-electron chi connectivity index (χ3n) is 7.87. The van der Waals surface area contributed by atoms with E-state index in [0.717, 1.165) is 24.0 Å². The SMILES string of the molecule is COc1ccc(S(=O)(=O)N2C[C@H](C(=O)N[C@H](C)c3ccc4c(c3)CCCC4)Oc3ccc(C(C)(C)C)cc32)cc1. The molecule has 3 aromatic rings. The highest BCUT2D eigenvalue weighted by Crippen LogP contribution is 2.40.